The predicted octanol–water partition coefficient (Wildman–Crippen LogP) is 2.05. The smallest absolute Gasteiger partial charge is 0.216 e. The fraction of sp³-hybridized carbons (Fsp3) is 0.636. The van der Waals surface area contributed by atoms with E-state index in [-0.39, 0.29) is 11.7 Å². The number of amidine groups is 1. The topological polar surface area (TPSA) is 94.7 Å². The number of ether oxygens (including phenoxy) is 1. The van der Waals surface area contributed by atoms with Gasteiger partial charge in [-0.2, -0.15) is 0 Å². The minimum Gasteiger partial charge on any atom is -0.494 e. The van der Waals surface area contributed by atoms with Crippen molar-refractivity contribution < 1.29 is 9.53 Å². The number of carbonyl (C=O) groups is 1. The quantitative estimate of drug-likeness (QED) is 0.266. The van der Waals surface area contributed by atoms with Gasteiger partial charge in [0.15, 0.2) is 0 Å². The molecule has 2 rings (SSSR count). The number of amides is 1. The van der Waals surface area contributed by atoms with E-state index in [9.17, 15) is 4.79 Å². The average molecular weight is 404 g/mol. The number of piperazine rings is 1. The monoisotopic (exact) mass is 403 g/mol. The van der Waals surface area contributed by atoms with Gasteiger partial charge in [-0.25, -0.2) is 0 Å². The van der Waals surface area contributed by atoms with E-state index in [0.717, 1.165) is 63.4 Å². The molecule has 1 aliphatic rings. The Kier molecular flexibility index (Phi) is 10.5. The zero-order valence-electron chi connectivity index (χ0n) is 17.8. The van der Waals surface area contributed by atoms with Crippen molar-refractivity contribution in [2.75, 3.05) is 52.4 Å². The second-order valence-corrected chi connectivity index (χ2v) is 7.72. The molecule has 1 fully saturated rings. The summed E-state index contributed by atoms with van der Waals surface area (Å²) in [5.74, 6) is 0.979. The van der Waals surface area contributed by atoms with Crippen molar-refractivity contribution in [1.82, 2.24) is 15.1 Å². The van der Waals surface area contributed by atoms with E-state index in [4.69, 9.17) is 15.9 Å². The van der Waals surface area contributed by atoms with Crippen LogP contribution in [0.15, 0.2) is 24.3 Å². The van der Waals surface area contributed by atoms with E-state index in [2.05, 4.69) is 15.1 Å². The average Bonchev–Trinajstić information content (AvgIpc) is 2.71. The number of benzene rings is 1. The fourth-order valence-electron chi connectivity index (χ4n) is 3.52. The Bertz CT molecular complexity index is 612. The third kappa shape index (κ3) is 9.76. The van der Waals surface area contributed by atoms with Gasteiger partial charge in [-0.1, -0.05) is 12.8 Å². The number of rotatable bonds is 13. The number of carbonyl (C=O) groups excluding carboxylic acids is 1. The maximum absolute atomic E-state index is 10.8. The summed E-state index contributed by atoms with van der Waals surface area (Å²) < 4.78 is 5.79. The van der Waals surface area contributed by atoms with Crippen LogP contribution in [0.25, 0.3) is 0 Å². The maximum atomic E-state index is 10.8. The highest BCUT2D eigenvalue weighted by molar-refractivity contribution is 5.94. The van der Waals surface area contributed by atoms with Crippen molar-refractivity contribution in [3.8, 4) is 5.75 Å². The Morgan fingerprint density at radius 3 is 2.17 bits per heavy atom. The molecule has 1 heterocycles. The van der Waals surface area contributed by atoms with Crippen molar-refractivity contribution in [3.05, 3.63) is 29.8 Å². The first-order valence-corrected chi connectivity index (χ1v) is 10.8. The Morgan fingerprint density at radius 1 is 1.00 bits per heavy atom. The molecule has 0 atom stereocenters. The van der Waals surface area contributed by atoms with Gasteiger partial charge in [0.1, 0.15) is 11.6 Å². The van der Waals surface area contributed by atoms with Crippen LogP contribution in [0.4, 0.5) is 0 Å². The molecule has 162 valence electrons. The van der Waals surface area contributed by atoms with Crippen molar-refractivity contribution >= 4 is 11.7 Å². The zero-order valence-corrected chi connectivity index (χ0v) is 17.8. The van der Waals surface area contributed by atoms with Gasteiger partial charge in [0.2, 0.25) is 5.91 Å². The van der Waals surface area contributed by atoms with E-state index in [1.54, 1.807) is 6.92 Å². The number of unbranched alkanes of at least 4 members (excludes halogenated alkanes) is 3. The summed E-state index contributed by atoms with van der Waals surface area (Å²) in [6.07, 6.45) is 5.78. The molecule has 0 radical (unpaired) electrons. The molecule has 1 aromatic rings. The SMILES string of the molecule is CC(=O)NCCCCCCN1CCN(CCCOc2ccc(C(=N)N)cc2)CC1. The molecule has 0 aromatic heterocycles. The zero-order chi connectivity index (χ0) is 20.9. The van der Waals surface area contributed by atoms with Gasteiger partial charge < -0.3 is 25.6 Å². The second kappa shape index (κ2) is 13.2. The van der Waals surface area contributed by atoms with Crippen molar-refractivity contribution in [2.45, 2.75) is 39.0 Å². The van der Waals surface area contributed by atoms with Gasteiger partial charge in [0.25, 0.3) is 0 Å². The highest BCUT2D eigenvalue weighted by Crippen LogP contribution is 2.12. The van der Waals surface area contributed by atoms with E-state index in [1.807, 2.05) is 24.3 Å². The van der Waals surface area contributed by atoms with Crippen LogP contribution in [0.1, 0.15) is 44.6 Å². The molecule has 1 aliphatic heterocycles. The molecule has 29 heavy (non-hydrogen) atoms. The molecule has 4 N–H and O–H groups in total. The molecule has 1 amide bonds. The molecule has 1 aromatic carbocycles. The van der Waals surface area contributed by atoms with Gasteiger partial charge in [-0.15, -0.1) is 0 Å². The maximum Gasteiger partial charge on any atom is 0.216 e. The normalized spacial score (nSPS) is 15.2. The Morgan fingerprint density at radius 2 is 1.59 bits per heavy atom. The first-order chi connectivity index (χ1) is 14.0. The lowest BCUT2D eigenvalue weighted by atomic mass is 10.1. The Hall–Kier alpha value is -2.12. The minimum absolute atomic E-state index is 0.0674. The Labute approximate surface area is 175 Å². The van der Waals surface area contributed by atoms with Crippen LogP contribution in [0, 0.1) is 5.41 Å². The molecular weight excluding hydrogens is 366 g/mol. The third-order valence-electron chi connectivity index (χ3n) is 5.29. The van der Waals surface area contributed by atoms with E-state index < -0.39 is 0 Å². The minimum atomic E-state index is 0.0674. The summed E-state index contributed by atoms with van der Waals surface area (Å²) >= 11 is 0. The van der Waals surface area contributed by atoms with Gasteiger partial charge in [-0.05, 0) is 50.1 Å². The lowest BCUT2D eigenvalue weighted by molar-refractivity contribution is -0.118. The largest absolute Gasteiger partial charge is 0.494 e. The van der Waals surface area contributed by atoms with Crippen molar-refractivity contribution in [3.63, 3.8) is 0 Å². The standard InChI is InChI=1S/C22H37N5O2/c1-19(28)25-11-4-2-3-5-12-26-14-16-27(17-15-26)13-6-18-29-21-9-7-20(8-10-21)22(23)24/h7-10H,2-6,11-18H2,1H3,(H3,23,24)(H,25,28). The summed E-state index contributed by atoms with van der Waals surface area (Å²) in [5, 5.41) is 10.3. The van der Waals surface area contributed by atoms with Gasteiger partial charge in [0, 0.05) is 51.8 Å². The summed E-state index contributed by atoms with van der Waals surface area (Å²) in [7, 11) is 0. The summed E-state index contributed by atoms with van der Waals surface area (Å²) in [6.45, 7) is 9.92. The molecule has 1 saturated heterocycles. The molecule has 0 bridgehead atoms. The lowest BCUT2D eigenvalue weighted by Gasteiger charge is -2.34. The van der Waals surface area contributed by atoms with E-state index in [0.29, 0.717) is 6.61 Å². The van der Waals surface area contributed by atoms with Crippen LogP contribution >= 0.6 is 0 Å². The highest BCUT2D eigenvalue weighted by atomic mass is 16.5. The number of nitrogens with one attached hydrogen (secondary N) is 2. The second-order valence-electron chi connectivity index (χ2n) is 7.72. The summed E-state index contributed by atoms with van der Waals surface area (Å²) in [5.41, 5.74) is 6.18. The summed E-state index contributed by atoms with van der Waals surface area (Å²) in [6, 6.07) is 7.38. The molecular formula is C22H37N5O2. The van der Waals surface area contributed by atoms with Crippen LogP contribution in [-0.4, -0.2) is 74.0 Å². The van der Waals surface area contributed by atoms with Crippen molar-refractivity contribution in [2.24, 2.45) is 5.73 Å². The first kappa shape index (κ1) is 23.2. The molecule has 0 unspecified atom stereocenters. The van der Waals surface area contributed by atoms with E-state index >= 15 is 0 Å². The molecule has 0 saturated carbocycles. The van der Waals surface area contributed by atoms with Gasteiger partial charge in [-0.3, -0.25) is 10.2 Å². The van der Waals surface area contributed by atoms with E-state index in [1.165, 1.54) is 25.8 Å². The first-order valence-electron chi connectivity index (χ1n) is 10.8. The van der Waals surface area contributed by atoms with Crippen molar-refractivity contribution in [1.29, 1.82) is 5.41 Å². The number of hydrogen-bond donors (Lipinski definition) is 3. The van der Waals surface area contributed by atoms with Crippen LogP contribution < -0.4 is 15.8 Å². The van der Waals surface area contributed by atoms with Gasteiger partial charge in [0.05, 0.1) is 6.61 Å². The lowest BCUT2D eigenvalue weighted by Crippen LogP contribution is -2.46. The van der Waals surface area contributed by atoms with Crippen LogP contribution in [0.3, 0.4) is 0 Å². The number of nitrogens with two attached hydrogens (primary N) is 1. The number of nitrogen functional groups attached to an aromatic ring is 1. The fourth-order valence-corrected chi connectivity index (χ4v) is 3.52. The molecule has 0 spiro atoms. The van der Waals surface area contributed by atoms with Crippen LogP contribution in [0.2, 0.25) is 0 Å². The highest BCUT2D eigenvalue weighted by Gasteiger charge is 2.15. The third-order valence-corrected chi connectivity index (χ3v) is 5.29. The Balaban J connectivity index is 1.46. The number of nitrogens with zero attached hydrogens (tertiary/aromatic N) is 2. The van der Waals surface area contributed by atoms with Crippen LogP contribution in [-0.2, 0) is 4.79 Å². The molecule has 0 aliphatic carbocycles. The molecule has 7 nitrogen and oxygen atoms in total. The number of hydrogen-bond acceptors (Lipinski definition) is 5. The predicted molar refractivity (Wildman–Crippen MR) is 118 cm³/mol. The van der Waals surface area contributed by atoms with Gasteiger partial charge >= 0.3 is 0 Å². The summed E-state index contributed by atoms with van der Waals surface area (Å²) in [4.78, 5) is 15.9. The van der Waals surface area contributed by atoms with Crippen LogP contribution in [0.5, 0.6) is 5.75 Å². The molecule has 7 heteroatoms.